The lowest BCUT2D eigenvalue weighted by Crippen LogP contribution is -2.04. The Hall–Kier alpha value is -1.89. The molecule has 0 spiro atoms. The summed E-state index contributed by atoms with van der Waals surface area (Å²) in [4.78, 5) is 0. The first-order valence-corrected chi connectivity index (χ1v) is 4.73. The third kappa shape index (κ3) is 2.28. The molecule has 0 bridgehead atoms. The molecular formula is C10H8F3N3O. The first-order chi connectivity index (χ1) is 8.11. The number of nitrogens with zero attached hydrogens (tertiary/aromatic N) is 2. The third-order valence-electron chi connectivity index (χ3n) is 2.03. The van der Waals surface area contributed by atoms with Crippen LogP contribution in [0.15, 0.2) is 16.5 Å². The van der Waals surface area contributed by atoms with Gasteiger partial charge < -0.3 is 9.73 Å². The minimum absolute atomic E-state index is 0.00347. The Morgan fingerprint density at radius 1 is 1.18 bits per heavy atom. The van der Waals surface area contributed by atoms with E-state index in [0.29, 0.717) is 6.54 Å². The van der Waals surface area contributed by atoms with Gasteiger partial charge in [-0.05, 0) is 19.2 Å². The summed E-state index contributed by atoms with van der Waals surface area (Å²) in [6, 6.07) is 1.60. The third-order valence-corrected chi connectivity index (χ3v) is 2.03. The highest BCUT2D eigenvalue weighted by Crippen LogP contribution is 2.22. The second-order valence-corrected chi connectivity index (χ2v) is 3.29. The van der Waals surface area contributed by atoms with Gasteiger partial charge in [0.25, 0.3) is 0 Å². The molecule has 0 aliphatic rings. The van der Waals surface area contributed by atoms with Gasteiger partial charge in [0.1, 0.15) is 0 Å². The van der Waals surface area contributed by atoms with Crippen LogP contribution in [0.1, 0.15) is 5.89 Å². The van der Waals surface area contributed by atoms with Crippen molar-refractivity contribution in [2.45, 2.75) is 6.54 Å². The maximum absolute atomic E-state index is 13.0. The van der Waals surface area contributed by atoms with Gasteiger partial charge >= 0.3 is 0 Å². The van der Waals surface area contributed by atoms with Crippen molar-refractivity contribution >= 4 is 0 Å². The van der Waals surface area contributed by atoms with E-state index in [1.807, 2.05) is 0 Å². The average Bonchev–Trinajstić information content (AvgIpc) is 2.74. The Morgan fingerprint density at radius 3 is 2.41 bits per heavy atom. The molecule has 0 unspecified atom stereocenters. The van der Waals surface area contributed by atoms with Crippen LogP contribution >= 0.6 is 0 Å². The van der Waals surface area contributed by atoms with Crippen molar-refractivity contribution < 1.29 is 17.6 Å². The van der Waals surface area contributed by atoms with Crippen molar-refractivity contribution in [2.75, 3.05) is 7.05 Å². The van der Waals surface area contributed by atoms with Crippen LogP contribution in [0.25, 0.3) is 11.5 Å². The summed E-state index contributed by atoms with van der Waals surface area (Å²) in [5, 5.41) is 10.0. The standard InChI is InChI=1S/C10H8F3N3O/c1-14-4-8-15-16-10(17-8)5-2-6(11)9(13)7(12)3-5/h2-3,14H,4H2,1H3. The molecule has 2 aromatic rings. The molecule has 1 N–H and O–H groups in total. The smallest absolute Gasteiger partial charge is 0.248 e. The zero-order valence-electron chi connectivity index (χ0n) is 8.80. The number of hydrogen-bond donors (Lipinski definition) is 1. The van der Waals surface area contributed by atoms with Crippen LogP contribution in [-0.4, -0.2) is 17.2 Å². The number of nitrogens with one attached hydrogen (secondary N) is 1. The molecule has 1 aromatic heterocycles. The van der Waals surface area contributed by atoms with Crippen molar-refractivity contribution in [1.82, 2.24) is 15.5 Å². The maximum atomic E-state index is 13.0. The molecule has 2 rings (SSSR count). The Bertz CT molecular complexity index is 518. The first kappa shape index (κ1) is 11.6. The fourth-order valence-electron chi connectivity index (χ4n) is 1.27. The van der Waals surface area contributed by atoms with E-state index < -0.39 is 17.5 Å². The molecule has 0 amide bonds. The lowest BCUT2D eigenvalue weighted by atomic mass is 10.2. The molecule has 1 heterocycles. The van der Waals surface area contributed by atoms with Gasteiger partial charge in [-0.25, -0.2) is 13.2 Å². The van der Waals surface area contributed by atoms with E-state index in [2.05, 4.69) is 15.5 Å². The van der Waals surface area contributed by atoms with Gasteiger partial charge in [0.15, 0.2) is 17.5 Å². The van der Waals surface area contributed by atoms with Crippen LogP contribution in [0.2, 0.25) is 0 Å². The Labute approximate surface area is 94.5 Å². The predicted octanol–water partition coefficient (Wildman–Crippen LogP) is 1.87. The molecule has 4 nitrogen and oxygen atoms in total. The second-order valence-electron chi connectivity index (χ2n) is 3.29. The normalized spacial score (nSPS) is 10.8. The largest absolute Gasteiger partial charge is 0.419 e. The van der Waals surface area contributed by atoms with E-state index in [9.17, 15) is 13.2 Å². The van der Waals surface area contributed by atoms with Gasteiger partial charge in [0, 0.05) is 5.56 Å². The Kier molecular flexibility index (Phi) is 3.10. The number of benzene rings is 1. The Morgan fingerprint density at radius 2 is 1.82 bits per heavy atom. The average molecular weight is 243 g/mol. The summed E-state index contributed by atoms with van der Waals surface area (Å²) in [5.74, 6) is -3.91. The minimum atomic E-state index is -1.52. The molecule has 0 fully saturated rings. The summed E-state index contributed by atoms with van der Waals surface area (Å²) in [6.07, 6.45) is 0. The highest BCUT2D eigenvalue weighted by atomic mass is 19.2. The van der Waals surface area contributed by atoms with E-state index >= 15 is 0 Å². The van der Waals surface area contributed by atoms with E-state index in [1.165, 1.54) is 0 Å². The van der Waals surface area contributed by atoms with Crippen molar-refractivity contribution in [3.63, 3.8) is 0 Å². The summed E-state index contributed by atoms with van der Waals surface area (Å²) >= 11 is 0. The van der Waals surface area contributed by atoms with Crippen molar-refractivity contribution in [2.24, 2.45) is 0 Å². The second kappa shape index (κ2) is 4.54. The van der Waals surface area contributed by atoms with Crippen LogP contribution in [-0.2, 0) is 6.54 Å². The van der Waals surface area contributed by atoms with E-state index in [1.54, 1.807) is 7.05 Å². The highest BCUT2D eigenvalue weighted by Gasteiger charge is 2.15. The maximum Gasteiger partial charge on any atom is 0.248 e. The number of aromatic nitrogens is 2. The van der Waals surface area contributed by atoms with Gasteiger partial charge in [-0.2, -0.15) is 0 Å². The summed E-state index contributed by atoms with van der Waals surface area (Å²) in [5.41, 5.74) is -0.00347. The molecule has 1 aromatic carbocycles. The van der Waals surface area contributed by atoms with Gasteiger partial charge in [-0.3, -0.25) is 0 Å². The van der Waals surface area contributed by atoms with Gasteiger partial charge in [0.2, 0.25) is 11.8 Å². The molecule has 0 saturated carbocycles. The van der Waals surface area contributed by atoms with Crippen molar-refractivity contribution in [1.29, 1.82) is 0 Å². The number of rotatable bonds is 3. The SMILES string of the molecule is CNCc1nnc(-c2cc(F)c(F)c(F)c2)o1. The monoisotopic (exact) mass is 243 g/mol. The predicted molar refractivity (Wildman–Crippen MR) is 52.4 cm³/mol. The van der Waals surface area contributed by atoms with E-state index in [0.717, 1.165) is 12.1 Å². The molecular weight excluding hydrogens is 235 g/mol. The molecule has 90 valence electrons. The lowest BCUT2D eigenvalue weighted by molar-refractivity contribution is 0.445. The fraction of sp³-hybridized carbons (Fsp3) is 0.200. The summed E-state index contributed by atoms with van der Waals surface area (Å²) < 4.78 is 43.8. The molecule has 0 atom stereocenters. The summed E-state index contributed by atoms with van der Waals surface area (Å²) in [6.45, 7) is 0.332. The van der Waals surface area contributed by atoms with E-state index in [4.69, 9.17) is 4.42 Å². The minimum Gasteiger partial charge on any atom is -0.419 e. The number of hydrogen-bond acceptors (Lipinski definition) is 4. The number of halogens is 3. The van der Waals surface area contributed by atoms with Crippen LogP contribution in [0, 0.1) is 17.5 Å². The van der Waals surface area contributed by atoms with Gasteiger partial charge in [-0.15, -0.1) is 10.2 Å². The van der Waals surface area contributed by atoms with Gasteiger partial charge in [0.05, 0.1) is 6.54 Å². The van der Waals surface area contributed by atoms with Crippen molar-refractivity contribution in [3.8, 4) is 11.5 Å². The first-order valence-electron chi connectivity index (χ1n) is 4.73. The molecule has 0 aliphatic heterocycles. The van der Waals surface area contributed by atoms with Crippen LogP contribution in [0.4, 0.5) is 13.2 Å². The lowest BCUT2D eigenvalue weighted by Gasteiger charge is -1.98. The topological polar surface area (TPSA) is 51.0 Å². The van der Waals surface area contributed by atoms with Crippen LogP contribution in [0.5, 0.6) is 0 Å². The fourth-order valence-corrected chi connectivity index (χ4v) is 1.27. The molecule has 17 heavy (non-hydrogen) atoms. The van der Waals surface area contributed by atoms with Gasteiger partial charge in [-0.1, -0.05) is 0 Å². The van der Waals surface area contributed by atoms with Crippen molar-refractivity contribution in [3.05, 3.63) is 35.5 Å². The van der Waals surface area contributed by atoms with Crippen LogP contribution in [0.3, 0.4) is 0 Å². The van der Waals surface area contributed by atoms with Crippen LogP contribution < -0.4 is 5.32 Å². The molecule has 0 saturated heterocycles. The zero-order valence-corrected chi connectivity index (χ0v) is 8.80. The zero-order chi connectivity index (χ0) is 12.4. The highest BCUT2D eigenvalue weighted by molar-refractivity contribution is 5.52. The van der Waals surface area contributed by atoms with E-state index in [-0.39, 0.29) is 17.3 Å². The quantitative estimate of drug-likeness (QED) is 0.836. The summed E-state index contributed by atoms with van der Waals surface area (Å²) in [7, 11) is 1.68. The Balaban J connectivity index is 2.39. The molecule has 0 aliphatic carbocycles. The molecule has 7 heteroatoms. The molecule has 0 radical (unpaired) electrons.